The van der Waals surface area contributed by atoms with Gasteiger partial charge in [0.25, 0.3) is 0 Å². The molecule has 0 aliphatic carbocycles. The Balaban J connectivity index is 2.64. The van der Waals surface area contributed by atoms with Crippen LogP contribution < -0.4 is 5.73 Å². The molecule has 0 saturated heterocycles. The van der Waals surface area contributed by atoms with Crippen LogP contribution in [0.3, 0.4) is 0 Å². The lowest BCUT2D eigenvalue weighted by Crippen LogP contribution is -1.91. The number of aromatic nitrogens is 1. The van der Waals surface area contributed by atoms with Crippen molar-refractivity contribution in [2.24, 2.45) is 0 Å². The van der Waals surface area contributed by atoms with Crippen LogP contribution in [-0.4, -0.2) is 4.37 Å². The highest BCUT2D eigenvalue weighted by molar-refractivity contribution is 7.09. The van der Waals surface area contributed by atoms with Gasteiger partial charge in [-0.2, -0.15) is 0 Å². The fraction of sp³-hybridized carbons (Fsp3) is 0. The molecule has 0 bridgehead atoms. The summed E-state index contributed by atoms with van der Waals surface area (Å²) in [6.45, 7) is 0. The number of halogens is 2. The second-order valence-corrected chi connectivity index (χ2v) is 3.97. The summed E-state index contributed by atoms with van der Waals surface area (Å²) in [4.78, 5) is 0.809. The summed E-state index contributed by atoms with van der Waals surface area (Å²) in [5.41, 5.74) is 6.70. The van der Waals surface area contributed by atoms with Crippen LogP contribution in [0, 0.1) is 5.82 Å². The zero-order chi connectivity index (χ0) is 10.1. The van der Waals surface area contributed by atoms with E-state index in [2.05, 4.69) is 4.37 Å². The maximum Gasteiger partial charge on any atom is 0.125 e. The molecule has 0 aliphatic rings. The van der Waals surface area contributed by atoms with Gasteiger partial charge in [-0.15, -0.1) is 0 Å². The summed E-state index contributed by atoms with van der Waals surface area (Å²) < 4.78 is 17.0. The number of hydrogen-bond donors (Lipinski definition) is 1. The Labute approximate surface area is 89.3 Å². The monoisotopic (exact) mass is 228 g/mol. The number of benzene rings is 1. The van der Waals surface area contributed by atoms with Gasteiger partial charge in [0.05, 0.1) is 15.6 Å². The minimum atomic E-state index is -0.396. The second-order valence-electron chi connectivity index (χ2n) is 2.73. The molecule has 0 atom stereocenters. The van der Waals surface area contributed by atoms with E-state index in [9.17, 15) is 4.39 Å². The van der Waals surface area contributed by atoms with Crippen molar-refractivity contribution in [1.29, 1.82) is 0 Å². The molecule has 1 aromatic carbocycles. The zero-order valence-corrected chi connectivity index (χ0v) is 8.57. The van der Waals surface area contributed by atoms with Gasteiger partial charge < -0.3 is 5.73 Å². The summed E-state index contributed by atoms with van der Waals surface area (Å²) in [6.07, 6.45) is 1.64. The fourth-order valence-corrected chi connectivity index (χ4v) is 1.97. The fourth-order valence-electron chi connectivity index (χ4n) is 1.14. The van der Waals surface area contributed by atoms with E-state index in [0.29, 0.717) is 11.3 Å². The van der Waals surface area contributed by atoms with Crippen LogP contribution in [0.15, 0.2) is 24.4 Å². The van der Waals surface area contributed by atoms with E-state index in [0.717, 1.165) is 4.88 Å². The number of rotatable bonds is 1. The van der Waals surface area contributed by atoms with E-state index < -0.39 is 5.82 Å². The first-order chi connectivity index (χ1) is 6.68. The van der Waals surface area contributed by atoms with E-state index in [4.69, 9.17) is 17.3 Å². The molecule has 5 heteroatoms. The van der Waals surface area contributed by atoms with Crippen molar-refractivity contribution in [1.82, 2.24) is 4.37 Å². The van der Waals surface area contributed by atoms with Crippen LogP contribution in [0.2, 0.25) is 5.02 Å². The molecule has 0 saturated carbocycles. The smallest absolute Gasteiger partial charge is 0.125 e. The molecule has 0 unspecified atom stereocenters. The first kappa shape index (κ1) is 9.43. The number of nitrogens with two attached hydrogens (primary N) is 1. The lowest BCUT2D eigenvalue weighted by Gasteiger charge is -2.04. The van der Waals surface area contributed by atoms with Crippen LogP contribution >= 0.6 is 23.1 Å². The van der Waals surface area contributed by atoms with Gasteiger partial charge in [-0.1, -0.05) is 11.6 Å². The highest BCUT2D eigenvalue weighted by Gasteiger charge is 2.09. The van der Waals surface area contributed by atoms with Crippen molar-refractivity contribution in [2.75, 3.05) is 5.73 Å². The van der Waals surface area contributed by atoms with Gasteiger partial charge >= 0.3 is 0 Å². The molecule has 2 aromatic rings. The number of hydrogen-bond acceptors (Lipinski definition) is 3. The molecule has 1 aromatic heterocycles. The Bertz CT molecular complexity index is 456. The molecule has 0 fully saturated rings. The van der Waals surface area contributed by atoms with Crippen molar-refractivity contribution in [3.8, 4) is 10.4 Å². The third-order valence-corrected chi connectivity index (χ3v) is 2.89. The van der Waals surface area contributed by atoms with E-state index in [1.165, 1.54) is 23.7 Å². The molecular formula is C9H6ClFN2S. The molecule has 1 heterocycles. The van der Waals surface area contributed by atoms with Gasteiger partial charge in [0.1, 0.15) is 5.82 Å². The lowest BCUT2D eigenvalue weighted by molar-refractivity contribution is 0.628. The second kappa shape index (κ2) is 3.55. The van der Waals surface area contributed by atoms with Crippen LogP contribution in [0.25, 0.3) is 10.4 Å². The van der Waals surface area contributed by atoms with Crippen LogP contribution in [0.1, 0.15) is 0 Å². The number of anilines is 1. The average Bonchev–Trinajstić information content (AvgIpc) is 2.63. The highest BCUT2D eigenvalue weighted by atomic mass is 35.5. The van der Waals surface area contributed by atoms with Crippen molar-refractivity contribution < 1.29 is 4.39 Å². The molecule has 2 rings (SSSR count). The van der Waals surface area contributed by atoms with Crippen molar-refractivity contribution in [3.63, 3.8) is 0 Å². The van der Waals surface area contributed by atoms with Crippen molar-refractivity contribution in [3.05, 3.63) is 35.2 Å². The zero-order valence-electron chi connectivity index (χ0n) is 7.00. The summed E-state index contributed by atoms with van der Waals surface area (Å²) in [6, 6.07) is 4.32. The third-order valence-electron chi connectivity index (χ3n) is 1.80. The van der Waals surface area contributed by atoms with Gasteiger partial charge in [-0.25, -0.2) is 8.76 Å². The first-order valence-electron chi connectivity index (χ1n) is 3.84. The topological polar surface area (TPSA) is 38.9 Å². The Morgan fingerprint density at radius 1 is 1.43 bits per heavy atom. The summed E-state index contributed by atoms with van der Waals surface area (Å²) in [7, 11) is 0. The molecule has 0 spiro atoms. The summed E-state index contributed by atoms with van der Waals surface area (Å²) in [5.74, 6) is -0.396. The van der Waals surface area contributed by atoms with Gasteiger partial charge in [0.15, 0.2) is 0 Å². The molecule has 14 heavy (non-hydrogen) atoms. The quantitative estimate of drug-likeness (QED) is 0.762. The molecule has 0 amide bonds. The Morgan fingerprint density at radius 3 is 2.86 bits per heavy atom. The van der Waals surface area contributed by atoms with Crippen molar-refractivity contribution in [2.45, 2.75) is 0 Å². The number of nitrogen functional groups attached to an aromatic ring is 1. The summed E-state index contributed by atoms with van der Waals surface area (Å²) >= 11 is 7.01. The van der Waals surface area contributed by atoms with E-state index in [1.807, 2.05) is 0 Å². The van der Waals surface area contributed by atoms with Crippen LogP contribution in [-0.2, 0) is 0 Å². The minimum Gasteiger partial charge on any atom is -0.397 e. The molecule has 72 valence electrons. The lowest BCUT2D eigenvalue weighted by atomic mass is 10.1. The highest BCUT2D eigenvalue weighted by Crippen LogP contribution is 2.34. The van der Waals surface area contributed by atoms with E-state index >= 15 is 0 Å². The average molecular weight is 229 g/mol. The van der Waals surface area contributed by atoms with Crippen LogP contribution in [0.5, 0.6) is 0 Å². The standard InChI is InChI=1S/C9H6ClFN2S/c10-7-4-5(11)3-6(9(7)12)8-1-2-13-14-8/h1-4H,12H2. The maximum atomic E-state index is 13.0. The molecule has 2 nitrogen and oxygen atoms in total. The van der Waals surface area contributed by atoms with Crippen molar-refractivity contribution >= 4 is 28.8 Å². The van der Waals surface area contributed by atoms with Gasteiger partial charge in [-0.3, -0.25) is 0 Å². The SMILES string of the molecule is Nc1c(Cl)cc(F)cc1-c1ccns1. The van der Waals surface area contributed by atoms with E-state index in [1.54, 1.807) is 12.3 Å². The first-order valence-corrected chi connectivity index (χ1v) is 4.99. The Hall–Kier alpha value is -1.13. The predicted octanol–water partition coefficient (Wildman–Crippen LogP) is 3.18. The maximum absolute atomic E-state index is 13.0. The van der Waals surface area contributed by atoms with E-state index in [-0.39, 0.29) is 5.02 Å². The van der Waals surface area contributed by atoms with Gasteiger partial charge in [-0.05, 0) is 29.7 Å². The largest absolute Gasteiger partial charge is 0.397 e. The Morgan fingerprint density at radius 2 is 2.21 bits per heavy atom. The molecule has 2 N–H and O–H groups in total. The molecule has 0 aliphatic heterocycles. The predicted molar refractivity (Wildman–Crippen MR) is 56.9 cm³/mol. The molecular weight excluding hydrogens is 223 g/mol. The van der Waals surface area contributed by atoms with Gasteiger partial charge in [0.2, 0.25) is 0 Å². The number of nitrogens with zero attached hydrogens (tertiary/aromatic N) is 1. The third kappa shape index (κ3) is 1.58. The van der Waals surface area contributed by atoms with Crippen LogP contribution in [0.4, 0.5) is 10.1 Å². The molecule has 0 radical (unpaired) electrons. The minimum absolute atomic E-state index is 0.230. The normalized spacial score (nSPS) is 10.4. The van der Waals surface area contributed by atoms with Gasteiger partial charge in [0, 0.05) is 11.8 Å². The Kier molecular flexibility index (Phi) is 2.39. The summed E-state index contributed by atoms with van der Waals surface area (Å²) in [5, 5.41) is 0.230.